The molecule has 1 saturated heterocycles. The molecular formula is C20H22FN3O2S. The number of nitrogens with zero attached hydrogens (tertiary/aromatic N) is 2. The molecule has 1 aliphatic rings. The van der Waals surface area contributed by atoms with Crippen LogP contribution in [0.15, 0.2) is 41.8 Å². The van der Waals surface area contributed by atoms with Crippen molar-refractivity contribution >= 4 is 34.9 Å². The molecule has 2 aromatic rings. The molecule has 2 amide bonds. The second-order valence-corrected chi connectivity index (χ2v) is 7.41. The first-order valence-electron chi connectivity index (χ1n) is 8.80. The average Bonchev–Trinajstić information content (AvgIpc) is 3.05. The van der Waals surface area contributed by atoms with E-state index in [0.717, 1.165) is 10.4 Å². The number of piperazine rings is 1. The second-order valence-electron chi connectivity index (χ2n) is 6.46. The van der Waals surface area contributed by atoms with Gasteiger partial charge in [0.05, 0.1) is 6.54 Å². The minimum Gasteiger partial charge on any atom is -0.337 e. The van der Waals surface area contributed by atoms with Gasteiger partial charge in [-0.25, -0.2) is 4.39 Å². The number of rotatable bonds is 5. The van der Waals surface area contributed by atoms with Crippen LogP contribution in [0.5, 0.6) is 0 Å². The summed E-state index contributed by atoms with van der Waals surface area (Å²) in [5, 5.41) is 4.70. The summed E-state index contributed by atoms with van der Waals surface area (Å²) in [7, 11) is 0. The standard InChI is InChI=1S/C20H22FN3O2S/c1-15-7-12-27-18(15)5-6-20(26)24-10-8-23(9-11-24)14-19(25)22-17-4-2-3-16(21)13-17/h2-7,12-13H,8-11,14H2,1H3,(H,22,25)/b6-5+. The molecule has 2 heterocycles. The van der Waals surface area contributed by atoms with E-state index < -0.39 is 0 Å². The highest BCUT2D eigenvalue weighted by atomic mass is 32.1. The first-order valence-corrected chi connectivity index (χ1v) is 9.68. The van der Waals surface area contributed by atoms with E-state index in [0.29, 0.717) is 31.9 Å². The number of nitrogens with one attached hydrogen (secondary N) is 1. The molecule has 27 heavy (non-hydrogen) atoms. The Morgan fingerprint density at radius 1 is 1.22 bits per heavy atom. The highest BCUT2D eigenvalue weighted by Gasteiger charge is 2.21. The van der Waals surface area contributed by atoms with E-state index in [9.17, 15) is 14.0 Å². The van der Waals surface area contributed by atoms with Gasteiger partial charge in [0.2, 0.25) is 11.8 Å². The lowest BCUT2D eigenvalue weighted by Crippen LogP contribution is -2.50. The SMILES string of the molecule is Cc1ccsc1/C=C/C(=O)N1CCN(CC(=O)Nc2cccc(F)c2)CC1. The lowest BCUT2D eigenvalue weighted by atomic mass is 10.2. The number of carbonyl (C=O) groups excluding carboxylic acids is 2. The maximum atomic E-state index is 13.2. The van der Waals surface area contributed by atoms with Crippen molar-refractivity contribution in [3.63, 3.8) is 0 Å². The Labute approximate surface area is 162 Å². The summed E-state index contributed by atoms with van der Waals surface area (Å²) >= 11 is 1.61. The third-order valence-electron chi connectivity index (χ3n) is 4.44. The number of thiophene rings is 1. The van der Waals surface area contributed by atoms with Crippen LogP contribution >= 0.6 is 11.3 Å². The number of aryl methyl sites for hydroxylation is 1. The molecule has 0 unspecified atom stereocenters. The van der Waals surface area contributed by atoms with Crippen molar-refractivity contribution in [1.82, 2.24) is 9.80 Å². The number of halogens is 1. The number of amides is 2. The van der Waals surface area contributed by atoms with Crippen LogP contribution in [0, 0.1) is 12.7 Å². The third-order valence-corrected chi connectivity index (χ3v) is 5.42. The molecule has 0 saturated carbocycles. The quantitative estimate of drug-likeness (QED) is 0.803. The van der Waals surface area contributed by atoms with E-state index in [2.05, 4.69) is 5.32 Å². The van der Waals surface area contributed by atoms with Crippen LogP contribution in [0.25, 0.3) is 6.08 Å². The largest absolute Gasteiger partial charge is 0.337 e. The zero-order valence-electron chi connectivity index (χ0n) is 15.2. The molecule has 1 aromatic heterocycles. The molecule has 142 valence electrons. The van der Waals surface area contributed by atoms with Crippen LogP contribution in [0.4, 0.5) is 10.1 Å². The molecule has 0 bridgehead atoms. The summed E-state index contributed by atoms with van der Waals surface area (Å²) in [5.74, 6) is -0.578. The molecule has 0 atom stereocenters. The Bertz CT molecular complexity index is 841. The molecule has 5 nitrogen and oxygen atoms in total. The fraction of sp³-hybridized carbons (Fsp3) is 0.300. The highest BCUT2D eigenvalue weighted by Crippen LogP contribution is 2.17. The fourth-order valence-corrected chi connectivity index (χ4v) is 3.72. The maximum Gasteiger partial charge on any atom is 0.246 e. The first-order chi connectivity index (χ1) is 13.0. The van der Waals surface area contributed by atoms with E-state index in [1.165, 1.54) is 12.1 Å². The lowest BCUT2D eigenvalue weighted by Gasteiger charge is -2.33. The van der Waals surface area contributed by atoms with Crippen molar-refractivity contribution in [2.75, 3.05) is 38.0 Å². The van der Waals surface area contributed by atoms with Gasteiger partial charge in [-0.1, -0.05) is 6.07 Å². The van der Waals surface area contributed by atoms with E-state index in [1.54, 1.807) is 34.4 Å². The number of hydrogen-bond acceptors (Lipinski definition) is 4. The molecule has 7 heteroatoms. The normalized spacial score (nSPS) is 15.3. The molecule has 1 aliphatic heterocycles. The zero-order chi connectivity index (χ0) is 19.2. The Hall–Kier alpha value is -2.51. The molecule has 0 radical (unpaired) electrons. The number of anilines is 1. The second kappa shape index (κ2) is 8.92. The number of carbonyl (C=O) groups is 2. The van der Waals surface area contributed by atoms with Crippen LogP contribution in [-0.2, 0) is 9.59 Å². The minimum atomic E-state index is -0.384. The van der Waals surface area contributed by atoms with Gasteiger partial charge in [-0.3, -0.25) is 14.5 Å². The molecule has 0 aliphatic carbocycles. The van der Waals surface area contributed by atoms with E-state index in [-0.39, 0.29) is 24.2 Å². The summed E-state index contributed by atoms with van der Waals surface area (Å²) in [5.41, 5.74) is 1.61. The predicted molar refractivity (Wildman–Crippen MR) is 106 cm³/mol. The van der Waals surface area contributed by atoms with Gasteiger partial charge >= 0.3 is 0 Å². The number of benzene rings is 1. The predicted octanol–water partition coefficient (Wildman–Crippen LogP) is 2.99. The van der Waals surface area contributed by atoms with Gasteiger partial charge in [-0.2, -0.15) is 0 Å². The topological polar surface area (TPSA) is 52.7 Å². The summed E-state index contributed by atoms with van der Waals surface area (Å²) in [6.45, 7) is 4.68. The van der Waals surface area contributed by atoms with Crippen LogP contribution < -0.4 is 5.32 Å². The third kappa shape index (κ3) is 5.48. The molecular weight excluding hydrogens is 365 g/mol. The van der Waals surface area contributed by atoms with Gasteiger partial charge < -0.3 is 10.2 Å². The average molecular weight is 387 g/mol. The summed E-state index contributed by atoms with van der Waals surface area (Å²) in [6.07, 6.45) is 3.48. The molecule has 1 fully saturated rings. The fourth-order valence-electron chi connectivity index (χ4n) is 2.90. The van der Waals surface area contributed by atoms with Gasteiger partial charge in [0.25, 0.3) is 0 Å². The van der Waals surface area contributed by atoms with Gasteiger partial charge in [0.1, 0.15) is 5.82 Å². The Kier molecular flexibility index (Phi) is 6.36. The number of hydrogen-bond donors (Lipinski definition) is 1. The van der Waals surface area contributed by atoms with Crippen LogP contribution in [-0.4, -0.2) is 54.3 Å². The Morgan fingerprint density at radius 3 is 2.67 bits per heavy atom. The van der Waals surface area contributed by atoms with Crippen molar-refractivity contribution in [2.45, 2.75) is 6.92 Å². The lowest BCUT2D eigenvalue weighted by molar-refractivity contribution is -0.127. The van der Waals surface area contributed by atoms with Gasteiger partial charge in [0.15, 0.2) is 0 Å². The monoisotopic (exact) mass is 387 g/mol. The minimum absolute atomic E-state index is 0.00772. The highest BCUT2D eigenvalue weighted by molar-refractivity contribution is 7.11. The van der Waals surface area contributed by atoms with E-state index in [4.69, 9.17) is 0 Å². The molecule has 3 rings (SSSR count). The first kappa shape index (κ1) is 19.3. The van der Waals surface area contributed by atoms with Crippen LogP contribution in [0.1, 0.15) is 10.4 Å². The van der Waals surface area contributed by atoms with Crippen molar-refractivity contribution in [2.24, 2.45) is 0 Å². The van der Waals surface area contributed by atoms with Crippen molar-refractivity contribution < 1.29 is 14.0 Å². The van der Waals surface area contributed by atoms with Crippen LogP contribution in [0.3, 0.4) is 0 Å². The van der Waals surface area contributed by atoms with Gasteiger partial charge in [-0.15, -0.1) is 11.3 Å². The van der Waals surface area contributed by atoms with Crippen molar-refractivity contribution in [1.29, 1.82) is 0 Å². The maximum absolute atomic E-state index is 13.2. The van der Waals surface area contributed by atoms with Gasteiger partial charge in [0, 0.05) is 42.8 Å². The Balaban J connectivity index is 1.44. The van der Waals surface area contributed by atoms with Crippen molar-refractivity contribution in [3.05, 3.63) is 58.0 Å². The summed E-state index contributed by atoms with van der Waals surface area (Å²) in [4.78, 5) is 29.3. The van der Waals surface area contributed by atoms with Crippen molar-refractivity contribution in [3.8, 4) is 0 Å². The zero-order valence-corrected chi connectivity index (χ0v) is 16.0. The smallest absolute Gasteiger partial charge is 0.246 e. The summed E-state index contributed by atoms with van der Waals surface area (Å²) in [6, 6.07) is 7.86. The van der Waals surface area contributed by atoms with Crippen LogP contribution in [0.2, 0.25) is 0 Å². The molecule has 0 spiro atoms. The molecule has 1 N–H and O–H groups in total. The Morgan fingerprint density at radius 2 is 2.00 bits per heavy atom. The summed E-state index contributed by atoms with van der Waals surface area (Å²) < 4.78 is 13.2. The van der Waals surface area contributed by atoms with E-state index >= 15 is 0 Å². The van der Waals surface area contributed by atoms with Gasteiger partial charge in [-0.05, 0) is 48.2 Å². The molecule has 1 aromatic carbocycles. The van der Waals surface area contributed by atoms with E-state index in [1.807, 2.05) is 29.3 Å².